The maximum Gasteiger partial charge on any atom is 0.161 e. The van der Waals surface area contributed by atoms with Crippen molar-refractivity contribution in [2.45, 2.75) is 0 Å². The molecule has 2 heterocycles. The summed E-state index contributed by atoms with van der Waals surface area (Å²) in [6.45, 7) is 0. The molecule has 0 aliphatic rings. The van der Waals surface area contributed by atoms with Crippen molar-refractivity contribution in [2.24, 2.45) is 0 Å². The number of rotatable bonds is 5. The minimum atomic E-state index is 0.696. The molecule has 4 nitrogen and oxygen atoms in total. The van der Waals surface area contributed by atoms with Gasteiger partial charge in [0.15, 0.2) is 11.5 Å². The number of ether oxygens (including phenoxy) is 2. The summed E-state index contributed by atoms with van der Waals surface area (Å²) < 4.78 is 10.9. The maximum atomic E-state index is 5.48. The molecular formula is C22H18N2O2S. The third kappa shape index (κ3) is 3.41. The summed E-state index contributed by atoms with van der Waals surface area (Å²) in [5.74, 6) is 1.40. The van der Waals surface area contributed by atoms with E-state index < -0.39 is 0 Å². The zero-order valence-electron chi connectivity index (χ0n) is 15.0. The van der Waals surface area contributed by atoms with Gasteiger partial charge in [-0.15, -0.1) is 11.3 Å². The summed E-state index contributed by atoms with van der Waals surface area (Å²) in [4.78, 5) is 10.3. The average molecular weight is 374 g/mol. The highest BCUT2D eigenvalue weighted by Gasteiger charge is 2.17. The molecule has 4 aromatic rings. The average Bonchev–Trinajstić information content (AvgIpc) is 3.20. The molecule has 0 atom stereocenters. The van der Waals surface area contributed by atoms with Gasteiger partial charge in [-0.05, 0) is 35.9 Å². The van der Waals surface area contributed by atoms with Crippen LogP contribution >= 0.6 is 11.3 Å². The second-order valence-corrected chi connectivity index (χ2v) is 6.87. The zero-order chi connectivity index (χ0) is 18.6. The van der Waals surface area contributed by atoms with E-state index in [1.165, 1.54) is 0 Å². The fraction of sp³-hybridized carbons (Fsp3) is 0.0909. The van der Waals surface area contributed by atoms with E-state index in [1.807, 2.05) is 54.7 Å². The Balaban J connectivity index is 1.90. The lowest BCUT2D eigenvalue weighted by Gasteiger charge is -2.09. The van der Waals surface area contributed by atoms with Crippen molar-refractivity contribution in [2.75, 3.05) is 14.2 Å². The van der Waals surface area contributed by atoms with E-state index in [2.05, 4.69) is 17.1 Å². The van der Waals surface area contributed by atoms with E-state index in [1.54, 1.807) is 31.8 Å². The van der Waals surface area contributed by atoms with Gasteiger partial charge in [0, 0.05) is 23.5 Å². The normalized spacial score (nSPS) is 10.6. The fourth-order valence-corrected chi connectivity index (χ4v) is 3.99. The van der Waals surface area contributed by atoms with Crippen molar-refractivity contribution in [3.05, 3.63) is 73.1 Å². The van der Waals surface area contributed by atoms with Crippen molar-refractivity contribution >= 4 is 11.3 Å². The minimum Gasteiger partial charge on any atom is -0.493 e. The Labute approximate surface area is 162 Å². The van der Waals surface area contributed by atoms with E-state index in [9.17, 15) is 0 Å². The molecule has 0 radical (unpaired) electrons. The Morgan fingerprint density at radius 2 is 1.56 bits per heavy atom. The smallest absolute Gasteiger partial charge is 0.161 e. The van der Waals surface area contributed by atoms with Gasteiger partial charge in [0.1, 0.15) is 5.01 Å². The van der Waals surface area contributed by atoms with Gasteiger partial charge in [0.2, 0.25) is 0 Å². The molecule has 0 fully saturated rings. The summed E-state index contributed by atoms with van der Waals surface area (Å²) in [7, 11) is 3.28. The first kappa shape index (κ1) is 17.2. The largest absolute Gasteiger partial charge is 0.493 e. The third-order valence-corrected chi connectivity index (χ3v) is 5.38. The first-order chi connectivity index (χ1) is 13.3. The molecule has 5 heteroatoms. The number of thiazole rings is 1. The fourth-order valence-electron chi connectivity index (χ4n) is 2.90. The third-order valence-electron chi connectivity index (χ3n) is 4.23. The van der Waals surface area contributed by atoms with Crippen molar-refractivity contribution in [1.82, 2.24) is 9.97 Å². The Hall–Kier alpha value is -3.18. The summed E-state index contributed by atoms with van der Waals surface area (Å²) in [6.07, 6.45) is 3.61. The Kier molecular flexibility index (Phi) is 4.85. The van der Waals surface area contributed by atoms with E-state index in [0.717, 1.165) is 32.3 Å². The topological polar surface area (TPSA) is 44.2 Å². The van der Waals surface area contributed by atoms with Gasteiger partial charge >= 0.3 is 0 Å². The van der Waals surface area contributed by atoms with E-state index in [4.69, 9.17) is 14.5 Å². The molecule has 0 aliphatic heterocycles. The quantitative estimate of drug-likeness (QED) is 0.459. The highest BCUT2D eigenvalue weighted by atomic mass is 32.1. The van der Waals surface area contributed by atoms with Gasteiger partial charge in [-0.3, -0.25) is 4.98 Å². The lowest BCUT2D eigenvalue weighted by atomic mass is 10.1. The van der Waals surface area contributed by atoms with Gasteiger partial charge in [-0.2, -0.15) is 0 Å². The molecule has 4 rings (SSSR count). The lowest BCUT2D eigenvalue weighted by molar-refractivity contribution is 0.355. The van der Waals surface area contributed by atoms with Crippen LogP contribution in [-0.4, -0.2) is 24.2 Å². The molecular weight excluding hydrogens is 356 g/mol. The second-order valence-electron chi connectivity index (χ2n) is 5.87. The van der Waals surface area contributed by atoms with Crippen LogP contribution in [0.15, 0.2) is 73.1 Å². The number of hydrogen-bond donors (Lipinski definition) is 0. The molecule has 134 valence electrons. The van der Waals surface area contributed by atoms with Crippen molar-refractivity contribution < 1.29 is 9.47 Å². The molecule has 0 N–H and O–H groups in total. The first-order valence-electron chi connectivity index (χ1n) is 8.49. The molecule has 27 heavy (non-hydrogen) atoms. The number of methoxy groups -OCH3 is 2. The van der Waals surface area contributed by atoms with Crippen LogP contribution in [0.4, 0.5) is 0 Å². The number of nitrogens with zero attached hydrogens (tertiary/aromatic N) is 2. The Morgan fingerprint density at radius 3 is 2.26 bits per heavy atom. The zero-order valence-corrected chi connectivity index (χ0v) is 15.9. The predicted octanol–water partition coefficient (Wildman–Crippen LogP) is 5.56. The van der Waals surface area contributed by atoms with Gasteiger partial charge in [-0.25, -0.2) is 4.98 Å². The summed E-state index contributed by atoms with van der Waals surface area (Å²) >= 11 is 1.66. The van der Waals surface area contributed by atoms with Crippen LogP contribution in [0.5, 0.6) is 11.5 Å². The summed E-state index contributed by atoms with van der Waals surface area (Å²) in [6, 6.07) is 20.1. The second kappa shape index (κ2) is 7.60. The number of aromatic nitrogens is 2. The van der Waals surface area contributed by atoms with Crippen LogP contribution in [0.25, 0.3) is 32.3 Å². The monoisotopic (exact) mass is 374 g/mol. The van der Waals surface area contributed by atoms with Gasteiger partial charge < -0.3 is 9.47 Å². The van der Waals surface area contributed by atoms with Gasteiger partial charge in [-0.1, -0.05) is 30.3 Å². The molecule has 0 spiro atoms. The molecule has 0 amide bonds. The number of hydrogen-bond acceptors (Lipinski definition) is 5. The number of pyridine rings is 1. The van der Waals surface area contributed by atoms with Crippen LogP contribution in [0.2, 0.25) is 0 Å². The predicted molar refractivity (Wildman–Crippen MR) is 109 cm³/mol. The van der Waals surface area contributed by atoms with Crippen molar-refractivity contribution in [3.8, 4) is 43.8 Å². The van der Waals surface area contributed by atoms with Crippen LogP contribution in [-0.2, 0) is 0 Å². The van der Waals surface area contributed by atoms with Crippen LogP contribution in [0, 0.1) is 0 Å². The van der Waals surface area contributed by atoms with Crippen LogP contribution < -0.4 is 9.47 Å². The van der Waals surface area contributed by atoms with Gasteiger partial charge in [0.05, 0.1) is 24.8 Å². The number of benzene rings is 2. The molecule has 0 unspecified atom stereocenters. The molecule has 0 aliphatic carbocycles. The highest BCUT2D eigenvalue weighted by Crippen LogP contribution is 2.42. The van der Waals surface area contributed by atoms with Crippen LogP contribution in [0.1, 0.15) is 0 Å². The SMILES string of the molecule is COc1ccc(-c2sc(-c3ccccc3)nc2-c2cccnc2)cc1OC. The Bertz CT molecular complexity index is 1050. The molecule has 2 aromatic heterocycles. The highest BCUT2D eigenvalue weighted by molar-refractivity contribution is 7.19. The Morgan fingerprint density at radius 1 is 0.778 bits per heavy atom. The maximum absolute atomic E-state index is 5.48. The van der Waals surface area contributed by atoms with E-state index in [0.29, 0.717) is 11.5 Å². The molecule has 0 bridgehead atoms. The summed E-state index contributed by atoms with van der Waals surface area (Å²) in [5.41, 5.74) is 4.03. The van der Waals surface area contributed by atoms with E-state index >= 15 is 0 Å². The summed E-state index contributed by atoms with van der Waals surface area (Å²) in [5, 5.41) is 0.972. The molecule has 0 saturated heterocycles. The van der Waals surface area contributed by atoms with Gasteiger partial charge in [0.25, 0.3) is 0 Å². The van der Waals surface area contributed by atoms with Crippen molar-refractivity contribution in [3.63, 3.8) is 0 Å². The lowest BCUT2D eigenvalue weighted by Crippen LogP contribution is -1.91. The van der Waals surface area contributed by atoms with Crippen LogP contribution in [0.3, 0.4) is 0 Å². The first-order valence-corrected chi connectivity index (χ1v) is 9.31. The molecule has 2 aromatic carbocycles. The molecule has 0 saturated carbocycles. The van der Waals surface area contributed by atoms with E-state index in [-0.39, 0.29) is 0 Å². The van der Waals surface area contributed by atoms with Crippen molar-refractivity contribution in [1.29, 1.82) is 0 Å². The minimum absolute atomic E-state index is 0.696. The standard InChI is InChI=1S/C22H18N2O2S/c1-25-18-11-10-16(13-19(18)26-2)21-20(17-9-6-12-23-14-17)24-22(27-21)15-7-4-3-5-8-15/h3-14H,1-2H3.